The molecule has 0 radical (unpaired) electrons. The first-order valence-electron chi connectivity index (χ1n) is 12.0. The summed E-state index contributed by atoms with van der Waals surface area (Å²) < 4.78 is 2.04. The van der Waals surface area contributed by atoms with Crippen molar-refractivity contribution in [3.63, 3.8) is 0 Å². The average Bonchev–Trinajstić information content (AvgIpc) is 3.44. The third-order valence-electron chi connectivity index (χ3n) is 7.37. The van der Waals surface area contributed by atoms with Gasteiger partial charge in [-0.3, -0.25) is 19.2 Å². The van der Waals surface area contributed by atoms with Crippen molar-refractivity contribution in [2.24, 2.45) is 0 Å². The van der Waals surface area contributed by atoms with Crippen molar-refractivity contribution in [2.75, 3.05) is 26.2 Å². The van der Waals surface area contributed by atoms with E-state index in [9.17, 15) is 9.59 Å². The van der Waals surface area contributed by atoms with Crippen LogP contribution in [0, 0.1) is 6.92 Å². The maximum Gasteiger partial charge on any atom is 0.259 e. The molecule has 0 bridgehead atoms. The van der Waals surface area contributed by atoms with Crippen molar-refractivity contribution in [2.45, 2.75) is 65.0 Å². The van der Waals surface area contributed by atoms with Crippen LogP contribution in [-0.2, 0) is 0 Å². The van der Waals surface area contributed by atoms with Gasteiger partial charge in [0.05, 0.1) is 28.7 Å². The van der Waals surface area contributed by atoms with Crippen LogP contribution in [0.4, 0.5) is 0 Å². The summed E-state index contributed by atoms with van der Waals surface area (Å²) in [5.41, 5.74) is 3.15. The molecule has 1 N–H and O–H groups in total. The van der Waals surface area contributed by atoms with Gasteiger partial charge in [0.1, 0.15) is 0 Å². The fraction of sp³-hybridized carbons (Fsp3) is 0.560. The third kappa shape index (κ3) is 3.52. The molecule has 1 saturated heterocycles. The minimum atomic E-state index is -0.115. The number of nitrogens with one attached hydrogen (secondary N) is 1. The average molecular weight is 436 g/mol. The molecule has 7 nitrogen and oxygen atoms in total. The zero-order valence-electron chi connectivity index (χ0n) is 19.4. The van der Waals surface area contributed by atoms with Crippen LogP contribution in [0.5, 0.6) is 0 Å². The Hall–Kier alpha value is -2.67. The van der Waals surface area contributed by atoms with Crippen LogP contribution in [-0.4, -0.2) is 62.7 Å². The van der Waals surface area contributed by atoms with E-state index >= 15 is 0 Å². The number of H-pyrrole nitrogens is 1. The Bertz CT molecular complexity index is 1220. The summed E-state index contributed by atoms with van der Waals surface area (Å²) in [6, 6.07) is 4.62. The fourth-order valence-corrected chi connectivity index (χ4v) is 5.62. The monoisotopic (exact) mass is 435 g/mol. The van der Waals surface area contributed by atoms with Crippen LogP contribution in [0.15, 0.2) is 23.1 Å². The molecule has 1 aliphatic heterocycles. The minimum Gasteiger partial charge on any atom is -0.336 e. The van der Waals surface area contributed by atoms with E-state index in [1.807, 2.05) is 28.6 Å². The molecule has 170 valence electrons. The Labute approximate surface area is 188 Å². The summed E-state index contributed by atoms with van der Waals surface area (Å²) in [6.07, 6.45) is 7.37. The SMILES string of the molecule is CCCN1CCN(C(=O)c2cc3c(cc2C)[nH]c(=O)c2cnn(C4CCCC4)c23)C[C@@H]1C. The molecule has 0 spiro atoms. The highest BCUT2D eigenvalue weighted by molar-refractivity contribution is 6.07. The number of aromatic nitrogens is 3. The molecule has 7 heteroatoms. The summed E-state index contributed by atoms with van der Waals surface area (Å²) in [6.45, 7) is 9.86. The predicted octanol–water partition coefficient (Wildman–Crippen LogP) is 3.86. The molecule has 1 atom stereocenters. The van der Waals surface area contributed by atoms with Gasteiger partial charge in [0, 0.05) is 36.6 Å². The molecule has 1 amide bonds. The van der Waals surface area contributed by atoms with Crippen LogP contribution in [0.2, 0.25) is 0 Å². The number of piperazine rings is 1. The number of hydrogen-bond donors (Lipinski definition) is 1. The summed E-state index contributed by atoms with van der Waals surface area (Å²) in [4.78, 5) is 33.8. The van der Waals surface area contributed by atoms with E-state index in [2.05, 4.69) is 28.8 Å². The van der Waals surface area contributed by atoms with Crippen LogP contribution in [0.3, 0.4) is 0 Å². The second-order valence-electron chi connectivity index (χ2n) is 9.59. The number of benzene rings is 1. The van der Waals surface area contributed by atoms with E-state index in [1.165, 1.54) is 12.8 Å². The van der Waals surface area contributed by atoms with E-state index in [-0.39, 0.29) is 11.5 Å². The Morgan fingerprint density at radius 1 is 1.19 bits per heavy atom. The molecule has 3 aromatic rings. The van der Waals surface area contributed by atoms with Gasteiger partial charge in [-0.25, -0.2) is 0 Å². The van der Waals surface area contributed by atoms with Gasteiger partial charge < -0.3 is 9.88 Å². The van der Waals surface area contributed by atoms with E-state index in [0.29, 0.717) is 17.5 Å². The molecule has 5 rings (SSSR count). The lowest BCUT2D eigenvalue weighted by atomic mass is 10.0. The standard InChI is InChI=1S/C25H33N5O2/c1-4-9-28-10-11-29(15-17(28)3)25(32)19-13-20-22(12-16(19)2)27-24(31)21-14-26-30(23(20)21)18-7-5-6-8-18/h12-14,17-18H,4-11,15H2,1-3H3,(H,27,31)/t17-/m0/s1. The van der Waals surface area contributed by atoms with E-state index in [4.69, 9.17) is 0 Å². The molecule has 1 aliphatic carbocycles. The molecular formula is C25H33N5O2. The number of aryl methyl sites for hydroxylation is 1. The number of amides is 1. The first-order valence-corrected chi connectivity index (χ1v) is 12.0. The maximum absolute atomic E-state index is 13.6. The predicted molar refractivity (Wildman–Crippen MR) is 127 cm³/mol. The summed E-state index contributed by atoms with van der Waals surface area (Å²) >= 11 is 0. The van der Waals surface area contributed by atoms with E-state index in [1.54, 1.807) is 6.20 Å². The highest BCUT2D eigenvalue weighted by Gasteiger charge is 2.28. The molecule has 1 aromatic carbocycles. The van der Waals surface area contributed by atoms with Gasteiger partial charge in [0.15, 0.2) is 0 Å². The number of fused-ring (bicyclic) bond motifs is 3. The summed E-state index contributed by atoms with van der Waals surface area (Å²) in [5, 5.41) is 6.12. The van der Waals surface area contributed by atoms with Crippen LogP contribution in [0.1, 0.15) is 67.9 Å². The molecule has 2 fully saturated rings. The number of aromatic amines is 1. The van der Waals surface area contributed by atoms with Gasteiger partial charge >= 0.3 is 0 Å². The van der Waals surface area contributed by atoms with E-state index < -0.39 is 0 Å². The van der Waals surface area contributed by atoms with Crippen molar-refractivity contribution in [3.8, 4) is 0 Å². The fourth-order valence-electron chi connectivity index (χ4n) is 5.62. The Kier molecular flexibility index (Phi) is 5.53. The Morgan fingerprint density at radius 3 is 2.69 bits per heavy atom. The van der Waals surface area contributed by atoms with Gasteiger partial charge in [-0.2, -0.15) is 5.10 Å². The second kappa shape index (κ2) is 8.35. The van der Waals surface area contributed by atoms with Crippen molar-refractivity contribution < 1.29 is 4.79 Å². The largest absolute Gasteiger partial charge is 0.336 e. The second-order valence-corrected chi connectivity index (χ2v) is 9.59. The zero-order chi connectivity index (χ0) is 22.4. The number of nitrogens with zero attached hydrogens (tertiary/aromatic N) is 4. The van der Waals surface area contributed by atoms with Gasteiger partial charge in [0.25, 0.3) is 11.5 Å². The lowest BCUT2D eigenvalue weighted by Gasteiger charge is -2.40. The molecule has 32 heavy (non-hydrogen) atoms. The van der Waals surface area contributed by atoms with E-state index in [0.717, 1.165) is 73.0 Å². The molecule has 2 aliphatic rings. The summed E-state index contributed by atoms with van der Waals surface area (Å²) in [7, 11) is 0. The first-order chi connectivity index (χ1) is 15.5. The third-order valence-corrected chi connectivity index (χ3v) is 7.37. The van der Waals surface area contributed by atoms with Gasteiger partial charge in [-0.15, -0.1) is 0 Å². The smallest absolute Gasteiger partial charge is 0.259 e. The van der Waals surface area contributed by atoms with Crippen molar-refractivity contribution in [3.05, 3.63) is 39.8 Å². The minimum absolute atomic E-state index is 0.0821. The van der Waals surface area contributed by atoms with Gasteiger partial charge in [-0.05, 0) is 57.4 Å². The van der Waals surface area contributed by atoms with Gasteiger partial charge in [-0.1, -0.05) is 19.8 Å². The molecular weight excluding hydrogens is 402 g/mol. The number of carbonyl (C=O) groups excluding carboxylic acids is 1. The normalized spacial score (nSPS) is 20.6. The van der Waals surface area contributed by atoms with Crippen molar-refractivity contribution >= 4 is 27.7 Å². The number of hydrogen-bond acceptors (Lipinski definition) is 4. The molecule has 1 saturated carbocycles. The number of pyridine rings is 1. The number of rotatable bonds is 4. The molecule has 3 heterocycles. The van der Waals surface area contributed by atoms with Crippen LogP contribution in [0.25, 0.3) is 21.8 Å². The molecule has 2 aromatic heterocycles. The quantitative estimate of drug-likeness (QED) is 0.675. The lowest BCUT2D eigenvalue weighted by molar-refractivity contribution is 0.0515. The summed E-state index contributed by atoms with van der Waals surface area (Å²) in [5.74, 6) is 0.0821. The molecule has 0 unspecified atom stereocenters. The lowest BCUT2D eigenvalue weighted by Crippen LogP contribution is -2.53. The Morgan fingerprint density at radius 2 is 1.97 bits per heavy atom. The van der Waals surface area contributed by atoms with Crippen molar-refractivity contribution in [1.82, 2.24) is 24.6 Å². The Balaban J connectivity index is 1.57. The highest BCUT2D eigenvalue weighted by Crippen LogP contribution is 2.34. The van der Waals surface area contributed by atoms with Gasteiger partial charge in [0.2, 0.25) is 0 Å². The highest BCUT2D eigenvalue weighted by atomic mass is 16.2. The van der Waals surface area contributed by atoms with Crippen molar-refractivity contribution in [1.29, 1.82) is 0 Å². The zero-order valence-corrected chi connectivity index (χ0v) is 19.4. The topological polar surface area (TPSA) is 74.2 Å². The van der Waals surface area contributed by atoms with Crippen LogP contribution >= 0.6 is 0 Å². The van der Waals surface area contributed by atoms with Crippen LogP contribution < -0.4 is 5.56 Å². The first kappa shape index (κ1) is 21.2. The number of carbonyl (C=O) groups is 1. The maximum atomic E-state index is 13.6.